The van der Waals surface area contributed by atoms with Crippen molar-refractivity contribution >= 4 is 34.7 Å². The minimum atomic E-state index is -4.72. The molecule has 1 fully saturated rings. The molecule has 2 aromatic rings. The number of carbonyl (C=O) groups is 1. The number of rotatable bonds is 6. The van der Waals surface area contributed by atoms with E-state index in [0.29, 0.717) is 23.1 Å². The predicted molar refractivity (Wildman–Crippen MR) is 134 cm³/mol. The monoisotopic (exact) mass is 535 g/mol. The number of carboxylic acid groups (broad SMARTS) is 1. The van der Waals surface area contributed by atoms with Crippen molar-refractivity contribution in [2.24, 2.45) is 5.10 Å². The molecule has 3 aliphatic rings. The molecule has 0 aromatic heterocycles. The second-order valence-corrected chi connectivity index (χ2v) is 9.64. The Bertz CT molecular complexity index is 1240. The molecule has 1 atom stereocenters. The number of nitrogens with zero attached hydrogens (tertiary/aromatic N) is 3. The predicted octanol–water partition coefficient (Wildman–Crippen LogP) is 5.46. The number of alkyl halides is 3. The van der Waals surface area contributed by atoms with Gasteiger partial charge in [0.2, 0.25) is 0 Å². The summed E-state index contributed by atoms with van der Waals surface area (Å²) in [6.07, 6.45) is -2.92. The molecule has 1 N–H and O–H groups in total. The third-order valence-electron chi connectivity index (χ3n) is 6.79. The Balaban J connectivity index is 1.23. The standard InChI is InChI=1S/C26H25ClF3N3O4/c1-15-21(14-24(34)35)33(31-25(15)26(28,29)30)17-2-4-18(5-3-17)37-19-6-9-32(10-7-19)22-13-23-16(8-11-36-23)12-20(22)27/h2-5,12-13,19,21H,1,6-11,14H2,(H,34,35)/t21-/m0/s1. The highest BCUT2D eigenvalue weighted by molar-refractivity contribution is 6.33. The van der Waals surface area contributed by atoms with E-state index in [1.165, 1.54) is 0 Å². The maximum Gasteiger partial charge on any atom is 0.435 e. The SMILES string of the molecule is C=C1C(C(F)(F)F)=NN(c2ccc(OC3CCN(c4cc5c(cc4Cl)CCO5)CC3)cc2)[C@H]1CC(=O)O. The fourth-order valence-electron chi connectivity index (χ4n) is 4.91. The molecule has 0 aliphatic carbocycles. The molecule has 196 valence electrons. The van der Waals surface area contributed by atoms with Crippen molar-refractivity contribution in [2.45, 2.75) is 44.0 Å². The number of hydrogen-bond donors (Lipinski definition) is 1. The van der Waals surface area contributed by atoms with Crippen LogP contribution in [0.1, 0.15) is 24.8 Å². The molecule has 3 heterocycles. The molecule has 0 unspecified atom stereocenters. The number of ether oxygens (including phenoxy) is 2. The van der Waals surface area contributed by atoms with Gasteiger partial charge in [-0.15, -0.1) is 0 Å². The van der Waals surface area contributed by atoms with Crippen molar-refractivity contribution in [3.63, 3.8) is 0 Å². The number of fused-ring (bicyclic) bond motifs is 1. The van der Waals surface area contributed by atoms with Crippen molar-refractivity contribution in [2.75, 3.05) is 29.6 Å². The number of hydrogen-bond acceptors (Lipinski definition) is 6. The van der Waals surface area contributed by atoms with Gasteiger partial charge in [-0.1, -0.05) is 18.2 Å². The normalized spacial score (nSPS) is 20.1. The van der Waals surface area contributed by atoms with Crippen LogP contribution in [0.4, 0.5) is 24.5 Å². The zero-order chi connectivity index (χ0) is 26.3. The molecule has 2 aromatic carbocycles. The van der Waals surface area contributed by atoms with E-state index in [0.717, 1.165) is 54.4 Å². The molecule has 5 rings (SSSR count). The third-order valence-corrected chi connectivity index (χ3v) is 7.09. The number of aliphatic carboxylic acids is 1. The highest BCUT2D eigenvalue weighted by Crippen LogP contribution is 2.38. The summed E-state index contributed by atoms with van der Waals surface area (Å²) in [5, 5.41) is 14.6. The molecule has 1 saturated heterocycles. The van der Waals surface area contributed by atoms with Gasteiger partial charge in [-0.25, -0.2) is 0 Å². The van der Waals surface area contributed by atoms with Gasteiger partial charge in [-0.05, 0) is 35.9 Å². The van der Waals surface area contributed by atoms with E-state index in [-0.39, 0.29) is 11.7 Å². The fourth-order valence-corrected chi connectivity index (χ4v) is 5.22. The Kier molecular flexibility index (Phi) is 6.70. The maximum absolute atomic E-state index is 13.3. The van der Waals surface area contributed by atoms with Gasteiger partial charge in [0.05, 0.1) is 35.5 Å². The number of carboxylic acids is 1. The van der Waals surface area contributed by atoms with Crippen LogP contribution in [0, 0.1) is 0 Å². The minimum Gasteiger partial charge on any atom is -0.493 e. The Morgan fingerprint density at radius 1 is 1.22 bits per heavy atom. The second-order valence-electron chi connectivity index (χ2n) is 9.24. The van der Waals surface area contributed by atoms with E-state index in [1.54, 1.807) is 24.3 Å². The van der Waals surface area contributed by atoms with E-state index >= 15 is 0 Å². The first-order chi connectivity index (χ1) is 17.6. The molecule has 0 spiro atoms. The number of anilines is 2. The first-order valence-corrected chi connectivity index (χ1v) is 12.3. The van der Waals surface area contributed by atoms with Gasteiger partial charge < -0.3 is 19.5 Å². The Labute approximate surface area is 216 Å². The van der Waals surface area contributed by atoms with Crippen LogP contribution in [-0.4, -0.2) is 54.8 Å². The largest absolute Gasteiger partial charge is 0.493 e. The van der Waals surface area contributed by atoms with Crippen LogP contribution >= 0.6 is 11.6 Å². The number of piperidine rings is 1. The van der Waals surface area contributed by atoms with Crippen LogP contribution in [0.3, 0.4) is 0 Å². The number of hydrazone groups is 1. The fraction of sp³-hybridized carbons (Fsp3) is 0.385. The molecular weight excluding hydrogens is 511 g/mol. The summed E-state index contributed by atoms with van der Waals surface area (Å²) < 4.78 is 51.8. The highest BCUT2D eigenvalue weighted by atomic mass is 35.5. The molecule has 0 bridgehead atoms. The van der Waals surface area contributed by atoms with Gasteiger partial charge >= 0.3 is 12.1 Å². The van der Waals surface area contributed by atoms with Crippen molar-refractivity contribution in [1.29, 1.82) is 0 Å². The second kappa shape index (κ2) is 9.81. The summed E-state index contributed by atoms with van der Waals surface area (Å²) in [5.74, 6) is 0.213. The summed E-state index contributed by atoms with van der Waals surface area (Å²) in [5.41, 5.74) is 0.871. The average molecular weight is 536 g/mol. The molecule has 37 heavy (non-hydrogen) atoms. The van der Waals surface area contributed by atoms with Crippen LogP contribution in [-0.2, 0) is 11.2 Å². The van der Waals surface area contributed by atoms with Crippen LogP contribution in [0.5, 0.6) is 11.5 Å². The van der Waals surface area contributed by atoms with E-state index in [2.05, 4.69) is 16.6 Å². The molecule has 11 heteroatoms. The van der Waals surface area contributed by atoms with Crippen molar-refractivity contribution < 1.29 is 32.5 Å². The van der Waals surface area contributed by atoms with Gasteiger partial charge in [0.1, 0.15) is 17.6 Å². The average Bonchev–Trinajstić information content (AvgIpc) is 3.43. The Hall–Kier alpha value is -3.40. The summed E-state index contributed by atoms with van der Waals surface area (Å²) in [7, 11) is 0. The van der Waals surface area contributed by atoms with Crippen LogP contribution in [0.25, 0.3) is 0 Å². The molecular formula is C26H25ClF3N3O4. The van der Waals surface area contributed by atoms with E-state index < -0.39 is 30.3 Å². The van der Waals surface area contributed by atoms with Crippen molar-refractivity contribution in [3.8, 4) is 11.5 Å². The summed E-state index contributed by atoms with van der Waals surface area (Å²) >= 11 is 6.52. The lowest BCUT2D eigenvalue weighted by molar-refractivity contribution is -0.137. The summed E-state index contributed by atoms with van der Waals surface area (Å²) in [4.78, 5) is 13.5. The van der Waals surface area contributed by atoms with Gasteiger partial charge in [-0.2, -0.15) is 18.3 Å². The van der Waals surface area contributed by atoms with Crippen molar-refractivity contribution in [3.05, 3.63) is 59.1 Å². The number of halogens is 4. The zero-order valence-corrected chi connectivity index (χ0v) is 20.6. The molecule has 0 amide bonds. The minimum absolute atomic E-state index is 0.0345. The van der Waals surface area contributed by atoms with E-state index in [4.69, 9.17) is 21.1 Å². The zero-order valence-electron chi connectivity index (χ0n) is 19.8. The van der Waals surface area contributed by atoms with E-state index in [1.807, 2.05) is 12.1 Å². The number of benzene rings is 2. The summed E-state index contributed by atoms with van der Waals surface area (Å²) in [6.45, 7) is 5.64. The van der Waals surface area contributed by atoms with Gasteiger partial charge in [0, 0.05) is 44.0 Å². The maximum atomic E-state index is 13.3. The smallest absolute Gasteiger partial charge is 0.435 e. The third kappa shape index (κ3) is 5.20. The highest BCUT2D eigenvalue weighted by Gasteiger charge is 2.46. The summed E-state index contributed by atoms with van der Waals surface area (Å²) in [6, 6.07) is 9.29. The van der Waals surface area contributed by atoms with Crippen LogP contribution < -0.4 is 19.4 Å². The van der Waals surface area contributed by atoms with Gasteiger partial charge in [-0.3, -0.25) is 9.80 Å². The van der Waals surface area contributed by atoms with E-state index in [9.17, 15) is 23.1 Å². The Morgan fingerprint density at radius 2 is 1.92 bits per heavy atom. The molecule has 3 aliphatic heterocycles. The van der Waals surface area contributed by atoms with Gasteiger partial charge in [0.25, 0.3) is 0 Å². The lowest BCUT2D eigenvalue weighted by Crippen LogP contribution is -2.38. The Morgan fingerprint density at radius 3 is 2.57 bits per heavy atom. The molecule has 0 saturated carbocycles. The lowest BCUT2D eigenvalue weighted by atomic mass is 10.0. The van der Waals surface area contributed by atoms with Crippen LogP contribution in [0.15, 0.2) is 53.7 Å². The molecule has 0 radical (unpaired) electrons. The molecule has 7 nitrogen and oxygen atoms in total. The lowest BCUT2D eigenvalue weighted by Gasteiger charge is -2.34. The topological polar surface area (TPSA) is 74.6 Å². The van der Waals surface area contributed by atoms with Gasteiger partial charge in [0.15, 0.2) is 5.71 Å². The quantitative estimate of drug-likeness (QED) is 0.529. The first kappa shape index (κ1) is 25.3. The van der Waals surface area contributed by atoms with Crippen molar-refractivity contribution in [1.82, 2.24) is 0 Å². The van der Waals surface area contributed by atoms with Crippen LogP contribution in [0.2, 0.25) is 5.02 Å². The first-order valence-electron chi connectivity index (χ1n) is 11.9.